The Morgan fingerprint density at radius 3 is 1.20 bits per heavy atom. The zero-order valence-corrected chi connectivity index (χ0v) is 37.6. The summed E-state index contributed by atoms with van der Waals surface area (Å²) < 4.78 is 16.6. The van der Waals surface area contributed by atoms with Crippen molar-refractivity contribution in [3.8, 4) is 0 Å². The Balaban J connectivity index is 4.61. The van der Waals surface area contributed by atoms with Crippen LogP contribution in [0.2, 0.25) is 0 Å². The lowest BCUT2D eigenvalue weighted by Gasteiger charge is -2.18. The molecule has 0 aromatic heterocycles. The summed E-state index contributed by atoms with van der Waals surface area (Å²) in [6.45, 7) is 6.09. The normalized spacial score (nSPS) is 13.4. The monoisotopic (exact) mass is 825 g/mol. The van der Waals surface area contributed by atoms with E-state index < -0.39 is 12.1 Å². The zero-order chi connectivity index (χ0) is 43.7. The third kappa shape index (κ3) is 44.4. The molecular formula is C54H80O6. The van der Waals surface area contributed by atoms with Crippen LogP contribution in [0.5, 0.6) is 0 Å². The van der Waals surface area contributed by atoms with Crippen molar-refractivity contribution >= 4 is 17.9 Å². The third-order valence-corrected chi connectivity index (χ3v) is 8.79. The van der Waals surface area contributed by atoms with E-state index in [9.17, 15) is 14.4 Å². The van der Waals surface area contributed by atoms with Crippen molar-refractivity contribution in [1.29, 1.82) is 0 Å². The molecule has 0 aliphatic carbocycles. The van der Waals surface area contributed by atoms with E-state index >= 15 is 0 Å². The maximum Gasteiger partial charge on any atom is 0.306 e. The van der Waals surface area contributed by atoms with E-state index in [0.717, 1.165) is 83.5 Å². The van der Waals surface area contributed by atoms with Crippen LogP contribution in [0.4, 0.5) is 0 Å². The van der Waals surface area contributed by atoms with E-state index in [1.807, 2.05) is 91.1 Å². The van der Waals surface area contributed by atoms with Gasteiger partial charge < -0.3 is 14.2 Å². The zero-order valence-electron chi connectivity index (χ0n) is 37.6. The first-order valence-electron chi connectivity index (χ1n) is 23.0. The number of carbonyl (C=O) groups is 3. The number of esters is 3. The molecule has 6 nitrogen and oxygen atoms in total. The van der Waals surface area contributed by atoms with E-state index in [1.54, 1.807) is 0 Å². The lowest BCUT2D eigenvalue weighted by Crippen LogP contribution is -2.30. The number of unbranched alkanes of at least 4 members (excludes halogenated alkanes) is 10. The van der Waals surface area contributed by atoms with E-state index in [1.165, 1.54) is 12.8 Å². The summed E-state index contributed by atoms with van der Waals surface area (Å²) >= 11 is 0. The highest BCUT2D eigenvalue weighted by Crippen LogP contribution is 2.11. The Kier molecular flexibility index (Phi) is 43.3. The fraction of sp³-hybridized carbons (Fsp3) is 0.500. The van der Waals surface area contributed by atoms with Crippen molar-refractivity contribution in [2.45, 2.75) is 162 Å². The molecule has 0 rings (SSSR count). The fourth-order valence-corrected chi connectivity index (χ4v) is 5.44. The maximum atomic E-state index is 12.7. The van der Waals surface area contributed by atoms with E-state index in [4.69, 9.17) is 14.2 Å². The number of rotatable bonds is 38. The predicted octanol–water partition coefficient (Wildman–Crippen LogP) is 14.9. The topological polar surface area (TPSA) is 78.9 Å². The van der Waals surface area contributed by atoms with Gasteiger partial charge in [0.2, 0.25) is 0 Å². The number of allylic oxidation sites excluding steroid dienone is 24. The van der Waals surface area contributed by atoms with Gasteiger partial charge in [-0.1, -0.05) is 199 Å². The van der Waals surface area contributed by atoms with Crippen molar-refractivity contribution < 1.29 is 28.6 Å². The molecule has 0 amide bonds. The summed E-state index contributed by atoms with van der Waals surface area (Å²) in [5, 5.41) is 0. The lowest BCUT2D eigenvalue weighted by molar-refractivity contribution is -0.167. The SMILES string of the molecule is CC\C=C/C=C\C=C/C=C\C=C/CCCC(=O)OC(COC(=O)CCCCC\C=C/C=C\C=C/C=C\CC)COC(=O)CCCCCCCC/C=C\C/C=C\C/C=C\CC. The number of carbonyl (C=O) groups excluding carboxylic acids is 3. The van der Waals surface area contributed by atoms with Crippen LogP contribution >= 0.6 is 0 Å². The first-order chi connectivity index (χ1) is 29.5. The first kappa shape index (κ1) is 55.3. The molecule has 60 heavy (non-hydrogen) atoms. The molecule has 1 atom stereocenters. The Morgan fingerprint density at radius 2 is 0.700 bits per heavy atom. The largest absolute Gasteiger partial charge is 0.462 e. The Hall–Kier alpha value is -4.71. The second-order valence-electron chi connectivity index (χ2n) is 14.4. The van der Waals surface area contributed by atoms with Crippen LogP contribution in [0.25, 0.3) is 0 Å². The molecule has 0 fully saturated rings. The van der Waals surface area contributed by atoms with Crippen LogP contribution in [-0.2, 0) is 28.6 Å². The second kappa shape index (κ2) is 47.0. The smallest absolute Gasteiger partial charge is 0.306 e. The van der Waals surface area contributed by atoms with Gasteiger partial charge in [0, 0.05) is 19.3 Å². The minimum Gasteiger partial charge on any atom is -0.462 e. The molecule has 0 aliphatic heterocycles. The summed E-state index contributed by atoms with van der Waals surface area (Å²) in [6.07, 6.45) is 66.9. The minimum absolute atomic E-state index is 0.134. The van der Waals surface area contributed by atoms with Gasteiger partial charge in [-0.25, -0.2) is 0 Å². The molecule has 6 heteroatoms. The molecular weight excluding hydrogens is 745 g/mol. The fourth-order valence-electron chi connectivity index (χ4n) is 5.44. The highest BCUT2D eigenvalue weighted by Gasteiger charge is 2.19. The van der Waals surface area contributed by atoms with Crippen LogP contribution in [0, 0.1) is 0 Å². The maximum absolute atomic E-state index is 12.7. The molecule has 0 aromatic carbocycles. The van der Waals surface area contributed by atoms with Crippen molar-refractivity contribution in [1.82, 2.24) is 0 Å². The number of hydrogen-bond acceptors (Lipinski definition) is 6. The molecule has 332 valence electrons. The van der Waals surface area contributed by atoms with Crippen molar-refractivity contribution in [3.05, 3.63) is 146 Å². The number of hydrogen-bond donors (Lipinski definition) is 0. The van der Waals surface area contributed by atoms with Crippen molar-refractivity contribution in [2.75, 3.05) is 13.2 Å². The van der Waals surface area contributed by atoms with Crippen LogP contribution in [-0.4, -0.2) is 37.2 Å². The molecule has 0 radical (unpaired) electrons. The van der Waals surface area contributed by atoms with E-state index in [2.05, 4.69) is 75.5 Å². The van der Waals surface area contributed by atoms with Gasteiger partial charge >= 0.3 is 17.9 Å². The summed E-state index contributed by atoms with van der Waals surface area (Å²) in [4.78, 5) is 37.8. The standard InChI is InChI=1S/C54H80O6/c1-4-7-10-13-16-19-22-25-26-27-30-32-35-38-41-44-47-53(56)59-50-51(60-54(57)48-45-42-39-36-33-29-24-21-18-15-12-9-6-3)49-58-52(55)46-43-40-37-34-31-28-23-20-17-14-11-8-5-2/h7-12,14-21,23-26,28-29,31,33,36,39,51H,4-6,13,22,27,30,32,34-35,37-38,40-50H2,1-3H3/b10-7-,11-8-,12-9-,17-14-,18-15-,19-16-,23-20-,24-21-,26-25-,31-28-,33-29-,39-36-. The predicted molar refractivity (Wildman–Crippen MR) is 255 cm³/mol. The third-order valence-electron chi connectivity index (χ3n) is 8.79. The van der Waals surface area contributed by atoms with Crippen LogP contribution in [0.3, 0.4) is 0 Å². The average molecular weight is 825 g/mol. The summed E-state index contributed by atoms with van der Waals surface area (Å²) in [7, 11) is 0. The number of ether oxygens (including phenoxy) is 3. The van der Waals surface area contributed by atoms with Gasteiger partial charge in [-0.15, -0.1) is 0 Å². The molecule has 0 aliphatic rings. The Bertz CT molecular complexity index is 1410. The summed E-state index contributed by atoms with van der Waals surface area (Å²) in [5.74, 6) is -1.08. The van der Waals surface area contributed by atoms with Gasteiger partial charge in [-0.2, -0.15) is 0 Å². The summed E-state index contributed by atoms with van der Waals surface area (Å²) in [6, 6.07) is 0. The average Bonchev–Trinajstić information content (AvgIpc) is 3.24. The van der Waals surface area contributed by atoms with Crippen molar-refractivity contribution in [3.63, 3.8) is 0 Å². The van der Waals surface area contributed by atoms with Crippen LogP contribution in [0.15, 0.2) is 146 Å². The van der Waals surface area contributed by atoms with Gasteiger partial charge in [-0.3, -0.25) is 14.4 Å². The molecule has 0 bridgehead atoms. The van der Waals surface area contributed by atoms with Crippen molar-refractivity contribution in [2.24, 2.45) is 0 Å². The highest BCUT2D eigenvalue weighted by molar-refractivity contribution is 5.71. The molecule has 0 saturated carbocycles. The van der Waals surface area contributed by atoms with E-state index in [0.29, 0.717) is 25.7 Å². The molecule has 0 aromatic rings. The second-order valence-corrected chi connectivity index (χ2v) is 14.4. The quantitative estimate of drug-likeness (QED) is 0.0203. The summed E-state index contributed by atoms with van der Waals surface area (Å²) in [5.41, 5.74) is 0. The van der Waals surface area contributed by atoms with Gasteiger partial charge in [-0.05, 0) is 83.5 Å². The van der Waals surface area contributed by atoms with Crippen LogP contribution in [0.1, 0.15) is 156 Å². The molecule has 0 heterocycles. The minimum atomic E-state index is -0.842. The first-order valence-corrected chi connectivity index (χ1v) is 23.0. The van der Waals surface area contributed by atoms with Crippen LogP contribution < -0.4 is 0 Å². The van der Waals surface area contributed by atoms with E-state index in [-0.39, 0.29) is 38.0 Å². The van der Waals surface area contributed by atoms with Gasteiger partial charge in [0.25, 0.3) is 0 Å². The van der Waals surface area contributed by atoms with Gasteiger partial charge in [0.1, 0.15) is 13.2 Å². The molecule has 0 spiro atoms. The Morgan fingerprint density at radius 1 is 0.350 bits per heavy atom. The van der Waals surface area contributed by atoms with Gasteiger partial charge in [0.15, 0.2) is 6.10 Å². The van der Waals surface area contributed by atoms with Gasteiger partial charge in [0.05, 0.1) is 0 Å². The molecule has 0 saturated heterocycles. The highest BCUT2D eigenvalue weighted by atomic mass is 16.6. The Labute approximate surface area is 366 Å². The molecule has 0 N–H and O–H groups in total. The lowest BCUT2D eigenvalue weighted by atomic mass is 10.1. The molecule has 1 unspecified atom stereocenters.